The molecule has 0 aromatic carbocycles. The maximum absolute atomic E-state index is 12.5. The number of hydrogen-bond donors (Lipinski definition) is 1. The van der Waals surface area contributed by atoms with Crippen LogP contribution in [0.2, 0.25) is 0 Å². The van der Waals surface area contributed by atoms with Gasteiger partial charge in [0.05, 0.1) is 6.42 Å². The van der Waals surface area contributed by atoms with Crippen molar-refractivity contribution in [2.75, 3.05) is 19.6 Å². The summed E-state index contributed by atoms with van der Waals surface area (Å²) in [6, 6.07) is -0.107. The lowest BCUT2D eigenvalue weighted by Crippen LogP contribution is -2.51. The topological polar surface area (TPSA) is 60.9 Å². The first-order chi connectivity index (χ1) is 9.10. The Bertz CT molecular complexity index is 301. The van der Waals surface area contributed by atoms with Gasteiger partial charge in [-0.3, -0.25) is 4.79 Å². The molecule has 1 unspecified atom stereocenters. The monoisotopic (exact) mass is 270 g/mol. The lowest BCUT2D eigenvalue weighted by molar-refractivity contribution is -0.138. The molecule has 5 heteroatoms. The van der Waals surface area contributed by atoms with Crippen molar-refractivity contribution >= 4 is 12.0 Å². The first kappa shape index (κ1) is 15.8. The van der Waals surface area contributed by atoms with Crippen LogP contribution < -0.4 is 0 Å². The van der Waals surface area contributed by atoms with Crippen molar-refractivity contribution in [1.82, 2.24) is 9.80 Å². The highest BCUT2D eigenvalue weighted by atomic mass is 16.4. The molecule has 0 saturated carbocycles. The van der Waals surface area contributed by atoms with Crippen LogP contribution in [0.3, 0.4) is 0 Å². The SMILES string of the molecule is CCCN(CCC)C(=O)N1CCCCC1CC(=O)O. The summed E-state index contributed by atoms with van der Waals surface area (Å²) in [5.41, 5.74) is 0. The van der Waals surface area contributed by atoms with E-state index in [9.17, 15) is 9.59 Å². The van der Waals surface area contributed by atoms with Crippen molar-refractivity contribution in [3.05, 3.63) is 0 Å². The Balaban J connectivity index is 2.70. The third kappa shape index (κ3) is 4.73. The summed E-state index contributed by atoms with van der Waals surface area (Å²) in [5.74, 6) is -0.817. The number of carboxylic acid groups (broad SMARTS) is 1. The second kappa shape index (κ2) is 8.02. The Morgan fingerprint density at radius 3 is 2.37 bits per heavy atom. The van der Waals surface area contributed by atoms with Gasteiger partial charge < -0.3 is 14.9 Å². The summed E-state index contributed by atoms with van der Waals surface area (Å²) in [6.07, 6.45) is 4.74. The Morgan fingerprint density at radius 2 is 1.84 bits per heavy atom. The van der Waals surface area contributed by atoms with E-state index < -0.39 is 5.97 Å². The number of carbonyl (C=O) groups excluding carboxylic acids is 1. The van der Waals surface area contributed by atoms with E-state index in [1.54, 1.807) is 4.90 Å². The van der Waals surface area contributed by atoms with Crippen molar-refractivity contribution in [2.45, 2.75) is 58.4 Å². The van der Waals surface area contributed by atoms with Crippen LogP contribution in [-0.4, -0.2) is 52.6 Å². The number of urea groups is 1. The summed E-state index contributed by atoms with van der Waals surface area (Å²) in [6.45, 7) is 6.31. The minimum absolute atomic E-state index is 0.0228. The average molecular weight is 270 g/mol. The maximum atomic E-state index is 12.5. The molecule has 110 valence electrons. The molecule has 5 nitrogen and oxygen atoms in total. The zero-order valence-electron chi connectivity index (χ0n) is 12.1. The Kier molecular flexibility index (Phi) is 6.67. The second-order valence-corrected chi connectivity index (χ2v) is 5.21. The fraction of sp³-hybridized carbons (Fsp3) is 0.857. The summed E-state index contributed by atoms with van der Waals surface area (Å²) >= 11 is 0. The van der Waals surface area contributed by atoms with Crippen LogP contribution in [0.5, 0.6) is 0 Å². The van der Waals surface area contributed by atoms with Gasteiger partial charge in [0.1, 0.15) is 0 Å². The molecule has 19 heavy (non-hydrogen) atoms. The van der Waals surface area contributed by atoms with Crippen LogP contribution in [0, 0.1) is 0 Å². The van der Waals surface area contributed by atoms with E-state index in [0.717, 1.165) is 45.2 Å². The number of piperidine rings is 1. The average Bonchev–Trinajstić information content (AvgIpc) is 2.38. The lowest BCUT2D eigenvalue weighted by atomic mass is 10.00. The van der Waals surface area contributed by atoms with Crippen LogP contribution in [0.15, 0.2) is 0 Å². The van der Waals surface area contributed by atoms with Gasteiger partial charge in [-0.25, -0.2) is 4.79 Å². The predicted molar refractivity (Wildman–Crippen MR) is 74.1 cm³/mol. The van der Waals surface area contributed by atoms with Crippen molar-refractivity contribution in [3.8, 4) is 0 Å². The summed E-state index contributed by atoms with van der Waals surface area (Å²) in [7, 11) is 0. The Hall–Kier alpha value is -1.26. The third-order valence-electron chi connectivity index (χ3n) is 3.54. The molecular formula is C14H26N2O3. The minimum atomic E-state index is -0.817. The Labute approximate surface area is 115 Å². The van der Waals surface area contributed by atoms with Gasteiger partial charge >= 0.3 is 12.0 Å². The summed E-state index contributed by atoms with van der Waals surface area (Å²) in [5, 5.41) is 8.96. The number of nitrogens with zero attached hydrogens (tertiary/aromatic N) is 2. The van der Waals surface area contributed by atoms with Crippen molar-refractivity contribution < 1.29 is 14.7 Å². The molecule has 1 fully saturated rings. The first-order valence-electron chi connectivity index (χ1n) is 7.37. The van der Waals surface area contributed by atoms with E-state index in [1.165, 1.54) is 0 Å². The molecule has 1 aliphatic heterocycles. The zero-order valence-corrected chi connectivity index (χ0v) is 12.1. The summed E-state index contributed by atoms with van der Waals surface area (Å²) in [4.78, 5) is 27.1. The number of likely N-dealkylation sites (tertiary alicyclic amines) is 1. The number of rotatable bonds is 6. The largest absolute Gasteiger partial charge is 0.481 e. The smallest absolute Gasteiger partial charge is 0.320 e. The molecule has 1 heterocycles. The molecular weight excluding hydrogens is 244 g/mol. The highest BCUT2D eigenvalue weighted by Gasteiger charge is 2.30. The lowest BCUT2D eigenvalue weighted by Gasteiger charge is -2.38. The highest BCUT2D eigenvalue weighted by molar-refractivity contribution is 5.76. The predicted octanol–water partition coefficient (Wildman–Crippen LogP) is 2.56. The molecule has 1 N–H and O–H groups in total. The van der Waals surface area contributed by atoms with E-state index in [1.807, 2.05) is 4.90 Å². The molecule has 1 aliphatic rings. The molecule has 0 spiro atoms. The van der Waals surface area contributed by atoms with Crippen molar-refractivity contribution in [3.63, 3.8) is 0 Å². The quantitative estimate of drug-likeness (QED) is 0.807. The van der Waals surface area contributed by atoms with Crippen molar-refractivity contribution in [1.29, 1.82) is 0 Å². The van der Waals surface area contributed by atoms with Gasteiger partial charge in [0, 0.05) is 25.7 Å². The van der Waals surface area contributed by atoms with Crippen molar-refractivity contribution in [2.24, 2.45) is 0 Å². The number of aliphatic carboxylic acids is 1. The zero-order chi connectivity index (χ0) is 14.3. The third-order valence-corrected chi connectivity index (χ3v) is 3.54. The van der Waals surface area contributed by atoms with Gasteiger partial charge in [-0.05, 0) is 32.1 Å². The van der Waals surface area contributed by atoms with Crippen LogP contribution in [0.4, 0.5) is 4.79 Å². The standard InChI is InChI=1S/C14H26N2O3/c1-3-8-15(9-4-2)14(19)16-10-6-5-7-12(16)11-13(17)18/h12H,3-11H2,1-2H3,(H,17,18). The number of carboxylic acids is 1. The highest BCUT2D eigenvalue weighted by Crippen LogP contribution is 2.21. The fourth-order valence-corrected chi connectivity index (χ4v) is 2.69. The van der Waals surface area contributed by atoms with Crippen LogP contribution in [-0.2, 0) is 4.79 Å². The van der Waals surface area contributed by atoms with Crippen LogP contribution in [0.25, 0.3) is 0 Å². The van der Waals surface area contributed by atoms with Gasteiger partial charge in [0.25, 0.3) is 0 Å². The minimum Gasteiger partial charge on any atom is -0.481 e. The maximum Gasteiger partial charge on any atom is 0.320 e. The van der Waals surface area contributed by atoms with Gasteiger partial charge in [-0.15, -0.1) is 0 Å². The van der Waals surface area contributed by atoms with E-state index in [2.05, 4.69) is 13.8 Å². The molecule has 0 aliphatic carbocycles. The van der Waals surface area contributed by atoms with Gasteiger partial charge in [0.15, 0.2) is 0 Å². The van der Waals surface area contributed by atoms with Gasteiger partial charge in [0.2, 0.25) is 0 Å². The molecule has 1 rings (SSSR count). The van der Waals surface area contributed by atoms with E-state index in [0.29, 0.717) is 6.54 Å². The van der Waals surface area contributed by atoms with E-state index in [-0.39, 0.29) is 18.5 Å². The molecule has 0 radical (unpaired) electrons. The second-order valence-electron chi connectivity index (χ2n) is 5.21. The van der Waals surface area contributed by atoms with Crippen LogP contribution >= 0.6 is 0 Å². The molecule has 2 amide bonds. The van der Waals surface area contributed by atoms with Gasteiger partial charge in [-0.2, -0.15) is 0 Å². The summed E-state index contributed by atoms with van der Waals surface area (Å²) < 4.78 is 0. The van der Waals surface area contributed by atoms with E-state index in [4.69, 9.17) is 5.11 Å². The molecule has 0 aromatic heterocycles. The van der Waals surface area contributed by atoms with Crippen LogP contribution in [0.1, 0.15) is 52.4 Å². The fourth-order valence-electron chi connectivity index (χ4n) is 2.69. The molecule has 1 atom stereocenters. The van der Waals surface area contributed by atoms with Gasteiger partial charge in [-0.1, -0.05) is 13.8 Å². The molecule has 0 bridgehead atoms. The first-order valence-corrected chi connectivity index (χ1v) is 7.37. The number of hydrogen-bond acceptors (Lipinski definition) is 2. The molecule has 0 aromatic rings. The Morgan fingerprint density at radius 1 is 1.21 bits per heavy atom. The molecule has 1 saturated heterocycles. The number of carbonyl (C=O) groups is 2. The normalized spacial score (nSPS) is 19.3. The van der Waals surface area contributed by atoms with E-state index >= 15 is 0 Å². The number of amides is 2.